The van der Waals surface area contributed by atoms with E-state index in [-0.39, 0.29) is 24.0 Å². The number of ether oxygens (including phenoxy) is 2. The number of carbonyl (C=O) groups excluding carboxylic acids is 1. The lowest BCUT2D eigenvalue weighted by Crippen LogP contribution is -2.45. The largest absolute Gasteiger partial charge is 0.496 e. The SMILES string of the molecule is COc1cccc2c1C(=O)O[C@H]([C@@H](N)C(C)C)C2. The Hall–Kier alpha value is -1.55. The van der Waals surface area contributed by atoms with Gasteiger partial charge in [-0.15, -0.1) is 0 Å². The number of hydrogen-bond acceptors (Lipinski definition) is 4. The van der Waals surface area contributed by atoms with Crippen molar-refractivity contribution in [2.75, 3.05) is 7.11 Å². The molecule has 98 valence electrons. The first-order chi connectivity index (χ1) is 8.54. The molecule has 0 aliphatic carbocycles. The van der Waals surface area contributed by atoms with Crippen LogP contribution in [-0.4, -0.2) is 25.2 Å². The second kappa shape index (κ2) is 4.98. The van der Waals surface area contributed by atoms with Crippen LogP contribution in [0.2, 0.25) is 0 Å². The summed E-state index contributed by atoms with van der Waals surface area (Å²) in [5.41, 5.74) is 7.56. The highest BCUT2D eigenvalue weighted by atomic mass is 16.5. The minimum atomic E-state index is -0.338. The van der Waals surface area contributed by atoms with E-state index in [2.05, 4.69) is 0 Å². The average molecular weight is 249 g/mol. The summed E-state index contributed by atoms with van der Waals surface area (Å²) in [7, 11) is 1.55. The van der Waals surface area contributed by atoms with Gasteiger partial charge in [-0.3, -0.25) is 0 Å². The Labute approximate surface area is 107 Å². The van der Waals surface area contributed by atoms with Gasteiger partial charge in [0.25, 0.3) is 0 Å². The summed E-state index contributed by atoms with van der Waals surface area (Å²) >= 11 is 0. The van der Waals surface area contributed by atoms with Gasteiger partial charge in [-0.25, -0.2) is 4.79 Å². The molecular formula is C14H19NO3. The molecule has 1 aromatic rings. The monoisotopic (exact) mass is 249 g/mol. The summed E-state index contributed by atoms with van der Waals surface area (Å²) in [6.45, 7) is 4.05. The fraction of sp³-hybridized carbons (Fsp3) is 0.500. The van der Waals surface area contributed by atoms with Crippen LogP contribution in [0, 0.1) is 5.92 Å². The quantitative estimate of drug-likeness (QED) is 0.829. The van der Waals surface area contributed by atoms with Gasteiger partial charge in [0.2, 0.25) is 0 Å². The number of cyclic esters (lactones) is 1. The zero-order valence-electron chi connectivity index (χ0n) is 11.0. The molecule has 0 saturated carbocycles. The molecule has 4 heteroatoms. The molecule has 0 radical (unpaired) electrons. The van der Waals surface area contributed by atoms with Gasteiger partial charge in [-0.2, -0.15) is 0 Å². The van der Waals surface area contributed by atoms with Gasteiger partial charge >= 0.3 is 5.97 Å². The number of carbonyl (C=O) groups is 1. The van der Waals surface area contributed by atoms with Crippen LogP contribution >= 0.6 is 0 Å². The molecule has 2 rings (SSSR count). The number of hydrogen-bond donors (Lipinski definition) is 1. The van der Waals surface area contributed by atoms with E-state index in [0.717, 1.165) is 5.56 Å². The lowest BCUT2D eigenvalue weighted by molar-refractivity contribution is 0.0145. The minimum absolute atomic E-state index is 0.145. The predicted molar refractivity (Wildman–Crippen MR) is 68.7 cm³/mol. The van der Waals surface area contributed by atoms with Crippen molar-refractivity contribution in [3.63, 3.8) is 0 Å². The molecule has 2 atom stereocenters. The maximum absolute atomic E-state index is 12.0. The average Bonchev–Trinajstić information content (AvgIpc) is 2.36. The lowest BCUT2D eigenvalue weighted by Gasteiger charge is -2.31. The minimum Gasteiger partial charge on any atom is -0.496 e. The molecule has 18 heavy (non-hydrogen) atoms. The third-order valence-corrected chi connectivity index (χ3v) is 3.42. The van der Waals surface area contributed by atoms with E-state index in [0.29, 0.717) is 17.7 Å². The van der Waals surface area contributed by atoms with E-state index >= 15 is 0 Å². The third kappa shape index (κ3) is 2.20. The van der Waals surface area contributed by atoms with Crippen LogP contribution in [0.5, 0.6) is 5.75 Å². The number of fused-ring (bicyclic) bond motifs is 1. The lowest BCUT2D eigenvalue weighted by atomic mass is 9.90. The fourth-order valence-electron chi connectivity index (χ4n) is 2.25. The Morgan fingerprint density at radius 2 is 2.17 bits per heavy atom. The van der Waals surface area contributed by atoms with Crippen molar-refractivity contribution in [3.05, 3.63) is 29.3 Å². The van der Waals surface area contributed by atoms with Crippen LogP contribution in [0.1, 0.15) is 29.8 Å². The van der Waals surface area contributed by atoms with Crippen molar-refractivity contribution in [1.82, 2.24) is 0 Å². The second-order valence-corrected chi connectivity index (χ2v) is 4.96. The normalized spacial score (nSPS) is 20.3. The Bertz CT molecular complexity index is 456. The molecular weight excluding hydrogens is 230 g/mol. The highest BCUT2D eigenvalue weighted by Crippen LogP contribution is 2.30. The summed E-state index contributed by atoms with van der Waals surface area (Å²) in [5.74, 6) is 0.499. The molecule has 0 saturated heterocycles. The van der Waals surface area contributed by atoms with Crippen molar-refractivity contribution in [2.45, 2.75) is 32.4 Å². The van der Waals surface area contributed by atoms with Crippen molar-refractivity contribution < 1.29 is 14.3 Å². The van der Waals surface area contributed by atoms with Crippen molar-refractivity contribution in [3.8, 4) is 5.75 Å². The van der Waals surface area contributed by atoms with E-state index in [1.165, 1.54) is 0 Å². The summed E-state index contributed by atoms with van der Waals surface area (Å²) in [4.78, 5) is 12.0. The van der Waals surface area contributed by atoms with E-state index in [1.54, 1.807) is 13.2 Å². The van der Waals surface area contributed by atoms with Crippen molar-refractivity contribution in [2.24, 2.45) is 11.7 Å². The zero-order valence-corrected chi connectivity index (χ0v) is 11.0. The number of benzene rings is 1. The number of nitrogens with two attached hydrogens (primary N) is 1. The Balaban J connectivity index is 2.33. The van der Waals surface area contributed by atoms with Gasteiger partial charge in [-0.1, -0.05) is 26.0 Å². The number of rotatable bonds is 3. The van der Waals surface area contributed by atoms with Crippen LogP contribution < -0.4 is 10.5 Å². The van der Waals surface area contributed by atoms with Gasteiger partial charge in [-0.05, 0) is 17.5 Å². The Morgan fingerprint density at radius 1 is 1.44 bits per heavy atom. The van der Waals surface area contributed by atoms with Crippen molar-refractivity contribution >= 4 is 5.97 Å². The molecule has 0 fully saturated rings. The summed E-state index contributed by atoms with van der Waals surface area (Å²) < 4.78 is 10.6. The Kier molecular flexibility index (Phi) is 3.57. The fourth-order valence-corrected chi connectivity index (χ4v) is 2.25. The van der Waals surface area contributed by atoms with Gasteiger partial charge in [0.15, 0.2) is 0 Å². The summed E-state index contributed by atoms with van der Waals surface area (Å²) in [5, 5.41) is 0. The number of esters is 1. The van der Waals surface area contributed by atoms with Crippen LogP contribution in [0.4, 0.5) is 0 Å². The smallest absolute Gasteiger partial charge is 0.342 e. The van der Waals surface area contributed by atoms with Gasteiger partial charge in [0, 0.05) is 12.5 Å². The molecule has 0 spiro atoms. The molecule has 0 bridgehead atoms. The van der Waals surface area contributed by atoms with E-state index < -0.39 is 0 Å². The van der Waals surface area contributed by atoms with E-state index in [9.17, 15) is 4.79 Å². The molecule has 2 N–H and O–H groups in total. The van der Waals surface area contributed by atoms with E-state index in [4.69, 9.17) is 15.2 Å². The van der Waals surface area contributed by atoms with Crippen LogP contribution in [0.3, 0.4) is 0 Å². The molecule has 1 aliphatic rings. The summed E-state index contributed by atoms with van der Waals surface area (Å²) in [6.07, 6.45) is 0.398. The summed E-state index contributed by atoms with van der Waals surface area (Å²) in [6, 6.07) is 5.43. The maximum Gasteiger partial charge on any atom is 0.342 e. The van der Waals surface area contributed by atoms with Gasteiger partial charge < -0.3 is 15.2 Å². The maximum atomic E-state index is 12.0. The van der Waals surface area contributed by atoms with Gasteiger partial charge in [0.05, 0.1) is 7.11 Å². The molecule has 1 aromatic carbocycles. The first-order valence-electron chi connectivity index (χ1n) is 6.17. The second-order valence-electron chi connectivity index (χ2n) is 4.96. The Morgan fingerprint density at radius 3 is 2.78 bits per heavy atom. The molecule has 0 unspecified atom stereocenters. The first kappa shape index (κ1) is 12.9. The zero-order chi connectivity index (χ0) is 13.3. The third-order valence-electron chi connectivity index (χ3n) is 3.42. The molecule has 1 heterocycles. The van der Waals surface area contributed by atoms with Crippen molar-refractivity contribution in [1.29, 1.82) is 0 Å². The topological polar surface area (TPSA) is 61.5 Å². The van der Waals surface area contributed by atoms with E-state index in [1.807, 2.05) is 26.0 Å². The van der Waals surface area contributed by atoms with Gasteiger partial charge in [0.1, 0.15) is 17.4 Å². The standard InChI is InChI=1S/C14H19NO3/c1-8(2)13(15)11-7-9-5-4-6-10(17-3)12(9)14(16)18-11/h4-6,8,11,13H,7,15H2,1-3H3/t11-,13-/m0/s1. The molecule has 0 amide bonds. The van der Waals surface area contributed by atoms with Crippen LogP contribution in [0.15, 0.2) is 18.2 Å². The molecule has 1 aliphatic heterocycles. The van der Waals surface area contributed by atoms with Crippen LogP contribution in [-0.2, 0) is 11.2 Å². The molecule has 4 nitrogen and oxygen atoms in total. The first-order valence-corrected chi connectivity index (χ1v) is 6.17. The molecule has 0 aromatic heterocycles. The highest BCUT2D eigenvalue weighted by Gasteiger charge is 2.33. The highest BCUT2D eigenvalue weighted by molar-refractivity contribution is 5.95. The van der Waals surface area contributed by atoms with Crippen LogP contribution in [0.25, 0.3) is 0 Å². The predicted octanol–water partition coefficient (Wildman–Crippen LogP) is 1.76. The number of methoxy groups -OCH3 is 1.